The number of halogens is 2. The van der Waals surface area contributed by atoms with Crippen LogP contribution in [-0.4, -0.2) is 30.4 Å². The third kappa shape index (κ3) is 4.68. The minimum absolute atomic E-state index is 0.0374. The molecule has 0 aliphatic heterocycles. The molecule has 0 unspecified atom stereocenters. The molecule has 0 aromatic carbocycles. The summed E-state index contributed by atoms with van der Waals surface area (Å²) in [6.07, 6.45) is 1.33. The molecule has 1 rings (SSSR count). The van der Waals surface area contributed by atoms with Crippen LogP contribution in [0.2, 0.25) is 10.0 Å². The number of nitrogens with zero attached hydrogens (tertiary/aromatic N) is 1. The lowest BCUT2D eigenvalue weighted by atomic mass is 10.4. The number of rotatable bonds is 6. The average molecular weight is 294 g/mol. The van der Waals surface area contributed by atoms with Gasteiger partial charge in [-0.15, -0.1) is 0 Å². The van der Waals surface area contributed by atoms with Crippen LogP contribution in [0.25, 0.3) is 0 Å². The van der Waals surface area contributed by atoms with Crippen molar-refractivity contribution < 1.29 is 14.3 Å². The van der Waals surface area contributed by atoms with Gasteiger partial charge >= 0.3 is 5.97 Å². The summed E-state index contributed by atoms with van der Waals surface area (Å²) in [5.41, 5.74) is -0.483. The summed E-state index contributed by atoms with van der Waals surface area (Å²) in [4.78, 5) is 23.0. The van der Waals surface area contributed by atoms with Gasteiger partial charge in [0.2, 0.25) is 0 Å². The third-order valence-electron chi connectivity index (χ3n) is 2.00. The van der Waals surface area contributed by atoms with Crippen molar-refractivity contribution in [2.24, 2.45) is 0 Å². The molecule has 0 radical (unpaired) electrons. The fraction of sp³-hybridized carbons (Fsp3) is 0.455. The Morgan fingerprint density at radius 2 is 2.11 bits per heavy atom. The highest BCUT2D eigenvalue weighted by Gasteiger charge is 2.09. The first-order chi connectivity index (χ1) is 8.54. The van der Waals surface area contributed by atoms with Crippen molar-refractivity contribution in [3.05, 3.63) is 32.7 Å². The Morgan fingerprint density at radius 1 is 1.39 bits per heavy atom. The summed E-state index contributed by atoms with van der Waals surface area (Å²) in [6.45, 7) is 2.64. The van der Waals surface area contributed by atoms with Crippen LogP contribution in [0.3, 0.4) is 0 Å². The van der Waals surface area contributed by atoms with Crippen LogP contribution in [0.1, 0.15) is 6.92 Å². The number of carbonyl (C=O) groups excluding carboxylic acids is 1. The summed E-state index contributed by atoms with van der Waals surface area (Å²) in [7, 11) is 0. The van der Waals surface area contributed by atoms with E-state index in [1.165, 1.54) is 12.3 Å². The molecule has 100 valence electrons. The Morgan fingerprint density at radius 3 is 2.78 bits per heavy atom. The number of hydrogen-bond acceptors (Lipinski definition) is 4. The number of carbonyl (C=O) groups is 1. The smallest absolute Gasteiger partial charge is 0.326 e. The van der Waals surface area contributed by atoms with E-state index < -0.39 is 11.5 Å². The fourth-order valence-electron chi connectivity index (χ4n) is 1.23. The van der Waals surface area contributed by atoms with Gasteiger partial charge in [-0.1, -0.05) is 23.2 Å². The van der Waals surface area contributed by atoms with E-state index in [4.69, 9.17) is 32.7 Å². The monoisotopic (exact) mass is 293 g/mol. The zero-order valence-corrected chi connectivity index (χ0v) is 11.3. The van der Waals surface area contributed by atoms with Crippen molar-refractivity contribution >= 4 is 29.2 Å². The van der Waals surface area contributed by atoms with Crippen molar-refractivity contribution in [3.63, 3.8) is 0 Å². The Labute approximate surface area is 114 Å². The second-order valence-corrected chi connectivity index (χ2v) is 4.20. The molecule has 1 heterocycles. The van der Waals surface area contributed by atoms with Crippen LogP contribution in [0.5, 0.6) is 0 Å². The zero-order valence-electron chi connectivity index (χ0n) is 9.82. The summed E-state index contributed by atoms with van der Waals surface area (Å²) in [6, 6.07) is 1.32. The minimum Gasteiger partial charge on any atom is -0.462 e. The van der Waals surface area contributed by atoms with E-state index in [1.54, 1.807) is 0 Å². The topological polar surface area (TPSA) is 57.5 Å². The number of aromatic nitrogens is 1. The molecule has 0 aliphatic rings. The van der Waals surface area contributed by atoms with E-state index >= 15 is 0 Å². The highest BCUT2D eigenvalue weighted by molar-refractivity contribution is 6.34. The first kappa shape index (κ1) is 15.0. The second kappa shape index (κ2) is 7.41. The molecule has 0 aliphatic carbocycles. The number of pyridine rings is 1. The standard InChI is InChI=1S/C11H13Cl2NO4/c1-2-17-3-4-18-10(15)7-14-6-8(12)5-9(13)11(14)16/h5-6H,2-4,7H2,1H3. The van der Waals surface area contributed by atoms with E-state index in [0.717, 1.165) is 4.57 Å². The van der Waals surface area contributed by atoms with Crippen molar-refractivity contribution in [1.82, 2.24) is 4.57 Å². The normalized spacial score (nSPS) is 10.4. The average Bonchev–Trinajstić information content (AvgIpc) is 2.31. The summed E-state index contributed by atoms with van der Waals surface area (Å²) >= 11 is 11.4. The maximum absolute atomic E-state index is 11.6. The van der Waals surface area contributed by atoms with Crippen LogP contribution in [0, 0.1) is 0 Å². The third-order valence-corrected chi connectivity index (χ3v) is 2.48. The molecule has 0 fully saturated rings. The Kier molecular flexibility index (Phi) is 6.18. The van der Waals surface area contributed by atoms with E-state index in [-0.39, 0.29) is 23.2 Å². The van der Waals surface area contributed by atoms with Gasteiger partial charge in [-0.05, 0) is 13.0 Å². The van der Waals surface area contributed by atoms with Crippen molar-refractivity contribution in [2.45, 2.75) is 13.5 Å². The van der Waals surface area contributed by atoms with Crippen LogP contribution in [0.15, 0.2) is 17.1 Å². The van der Waals surface area contributed by atoms with Crippen LogP contribution in [0.4, 0.5) is 0 Å². The van der Waals surface area contributed by atoms with E-state index in [2.05, 4.69) is 0 Å². The second-order valence-electron chi connectivity index (χ2n) is 3.36. The van der Waals surface area contributed by atoms with E-state index in [0.29, 0.717) is 13.2 Å². The minimum atomic E-state index is -0.546. The molecule has 0 spiro atoms. The van der Waals surface area contributed by atoms with Gasteiger partial charge in [-0.3, -0.25) is 9.59 Å². The Hall–Kier alpha value is -1.04. The van der Waals surface area contributed by atoms with Crippen LogP contribution in [-0.2, 0) is 20.8 Å². The molecule has 1 aromatic heterocycles. The predicted octanol–water partition coefficient (Wildman–Crippen LogP) is 1.73. The predicted molar refractivity (Wildman–Crippen MR) is 68.2 cm³/mol. The molecule has 0 atom stereocenters. The molecule has 0 amide bonds. The van der Waals surface area contributed by atoms with Gasteiger partial charge in [-0.25, -0.2) is 0 Å². The SMILES string of the molecule is CCOCCOC(=O)Cn1cc(Cl)cc(Cl)c1=O. The molecular formula is C11H13Cl2NO4. The lowest BCUT2D eigenvalue weighted by Crippen LogP contribution is -2.25. The van der Waals surface area contributed by atoms with Crippen molar-refractivity contribution in [3.8, 4) is 0 Å². The van der Waals surface area contributed by atoms with Gasteiger partial charge in [0.05, 0.1) is 11.6 Å². The maximum atomic E-state index is 11.6. The molecule has 0 saturated heterocycles. The highest BCUT2D eigenvalue weighted by Crippen LogP contribution is 2.11. The molecule has 0 bridgehead atoms. The van der Waals surface area contributed by atoms with Crippen LogP contribution >= 0.6 is 23.2 Å². The van der Waals surface area contributed by atoms with Gasteiger partial charge in [0.15, 0.2) is 0 Å². The lowest BCUT2D eigenvalue weighted by molar-refractivity contribution is -0.145. The molecule has 5 nitrogen and oxygen atoms in total. The zero-order chi connectivity index (χ0) is 13.5. The Bertz CT molecular complexity index is 473. The molecule has 1 aromatic rings. The summed E-state index contributed by atoms with van der Waals surface area (Å²) in [5.74, 6) is -0.546. The first-order valence-electron chi connectivity index (χ1n) is 5.33. The van der Waals surface area contributed by atoms with Gasteiger partial charge in [-0.2, -0.15) is 0 Å². The van der Waals surface area contributed by atoms with E-state index in [9.17, 15) is 9.59 Å². The van der Waals surface area contributed by atoms with Crippen molar-refractivity contribution in [1.29, 1.82) is 0 Å². The van der Waals surface area contributed by atoms with Crippen molar-refractivity contribution in [2.75, 3.05) is 19.8 Å². The molecule has 0 saturated carbocycles. The lowest BCUT2D eigenvalue weighted by Gasteiger charge is -2.07. The quantitative estimate of drug-likeness (QED) is 0.592. The molecule has 0 N–H and O–H groups in total. The van der Waals surface area contributed by atoms with Crippen LogP contribution < -0.4 is 5.56 Å². The first-order valence-corrected chi connectivity index (χ1v) is 6.09. The highest BCUT2D eigenvalue weighted by atomic mass is 35.5. The molecule has 18 heavy (non-hydrogen) atoms. The van der Waals surface area contributed by atoms with E-state index in [1.807, 2.05) is 6.92 Å². The molecular weight excluding hydrogens is 281 g/mol. The maximum Gasteiger partial charge on any atom is 0.326 e. The summed E-state index contributed by atoms with van der Waals surface area (Å²) < 4.78 is 11.0. The largest absolute Gasteiger partial charge is 0.462 e. The number of ether oxygens (including phenoxy) is 2. The fourth-order valence-corrected chi connectivity index (χ4v) is 1.73. The molecule has 7 heteroatoms. The van der Waals surface area contributed by atoms with Gasteiger partial charge in [0.25, 0.3) is 5.56 Å². The Balaban J connectivity index is 2.57. The van der Waals surface area contributed by atoms with Gasteiger partial charge < -0.3 is 14.0 Å². The van der Waals surface area contributed by atoms with Gasteiger partial charge in [0, 0.05) is 12.8 Å². The number of esters is 1. The summed E-state index contributed by atoms with van der Waals surface area (Å²) in [5, 5.41) is 0.242. The number of hydrogen-bond donors (Lipinski definition) is 0. The van der Waals surface area contributed by atoms with Gasteiger partial charge in [0.1, 0.15) is 18.2 Å².